The smallest absolute Gasteiger partial charge is 0.355 e. The Labute approximate surface area is 165 Å². The fraction of sp³-hybridized carbons (Fsp3) is 0.263. The number of carbonyl (C=O) groups excluding carboxylic acids is 1. The molecule has 28 heavy (non-hydrogen) atoms. The lowest BCUT2D eigenvalue weighted by Gasteiger charge is -2.10. The quantitative estimate of drug-likeness (QED) is 0.492. The van der Waals surface area contributed by atoms with E-state index in [-0.39, 0.29) is 17.2 Å². The van der Waals surface area contributed by atoms with Gasteiger partial charge in [0.1, 0.15) is 5.50 Å². The summed E-state index contributed by atoms with van der Waals surface area (Å²) < 4.78 is 37.4. The van der Waals surface area contributed by atoms with E-state index in [4.69, 9.17) is 0 Å². The van der Waals surface area contributed by atoms with Gasteiger partial charge >= 0.3 is 6.18 Å². The molecule has 1 amide bonds. The predicted octanol–water partition coefficient (Wildman–Crippen LogP) is 4.74. The largest absolute Gasteiger partial charge is 0.416 e. The van der Waals surface area contributed by atoms with Crippen molar-refractivity contribution in [3.63, 3.8) is 0 Å². The molecule has 1 heterocycles. The van der Waals surface area contributed by atoms with E-state index in [0.29, 0.717) is 5.56 Å². The maximum atomic E-state index is 12.5. The Balaban J connectivity index is 0.00000136. The lowest BCUT2D eigenvalue weighted by molar-refractivity contribution is -0.137. The van der Waals surface area contributed by atoms with Gasteiger partial charge in [-0.15, -0.1) is 11.8 Å². The molecule has 5 nitrogen and oxygen atoms in total. The number of nitrogens with zero attached hydrogens (tertiary/aromatic N) is 1. The van der Waals surface area contributed by atoms with Crippen LogP contribution in [0.3, 0.4) is 0 Å². The van der Waals surface area contributed by atoms with E-state index in [0.717, 1.165) is 23.5 Å². The molecule has 1 aliphatic heterocycles. The number of para-hydroxylation sites is 2. The van der Waals surface area contributed by atoms with Gasteiger partial charge in [0.2, 0.25) is 5.91 Å². The Morgan fingerprint density at radius 1 is 1.11 bits per heavy atom. The molecule has 0 unspecified atom stereocenters. The first-order valence-electron chi connectivity index (χ1n) is 8.65. The molecule has 0 aromatic heterocycles. The normalized spacial score (nSPS) is 13.2. The maximum absolute atomic E-state index is 12.5. The molecule has 0 saturated heterocycles. The molecule has 0 atom stereocenters. The molecule has 1 aliphatic rings. The van der Waals surface area contributed by atoms with Crippen LogP contribution in [0, 0.1) is 0 Å². The van der Waals surface area contributed by atoms with Crippen LogP contribution in [0.1, 0.15) is 25.0 Å². The molecule has 9 heteroatoms. The van der Waals surface area contributed by atoms with Gasteiger partial charge in [-0.05, 0) is 29.8 Å². The summed E-state index contributed by atoms with van der Waals surface area (Å²) in [5.74, 6) is -0.138. The van der Waals surface area contributed by atoms with Crippen molar-refractivity contribution in [2.45, 2.75) is 25.5 Å². The molecule has 3 N–H and O–H groups in total. The van der Waals surface area contributed by atoms with E-state index >= 15 is 0 Å². The predicted molar refractivity (Wildman–Crippen MR) is 108 cm³/mol. The summed E-state index contributed by atoms with van der Waals surface area (Å²) in [6, 6.07) is 12.2. The minimum atomic E-state index is -4.37. The van der Waals surface area contributed by atoms with E-state index in [2.05, 4.69) is 21.2 Å². The molecule has 150 valence electrons. The van der Waals surface area contributed by atoms with Crippen molar-refractivity contribution in [3.8, 4) is 0 Å². The number of amides is 1. The number of fused-ring (bicyclic) bond motifs is 1. The number of carbonyl (C=O) groups is 1. The summed E-state index contributed by atoms with van der Waals surface area (Å²) in [5.41, 5.74) is 3.92. The SMILES string of the molecule is CC.O=C(CSC1Nc2ccccc2N1)N/N=C/c1ccc(C(F)(F)F)cc1. The Morgan fingerprint density at radius 3 is 2.21 bits per heavy atom. The number of anilines is 2. The minimum absolute atomic E-state index is 0.114. The van der Waals surface area contributed by atoms with Crippen molar-refractivity contribution in [2.24, 2.45) is 5.10 Å². The minimum Gasteiger partial charge on any atom is -0.355 e. The molecule has 3 rings (SSSR count). The van der Waals surface area contributed by atoms with Gasteiger partial charge in [0, 0.05) is 0 Å². The summed E-state index contributed by atoms with van der Waals surface area (Å²) in [7, 11) is 0. The Kier molecular flexibility index (Phi) is 7.74. The topological polar surface area (TPSA) is 65.5 Å². The zero-order valence-electron chi connectivity index (χ0n) is 15.4. The van der Waals surface area contributed by atoms with Crippen molar-refractivity contribution < 1.29 is 18.0 Å². The number of thioether (sulfide) groups is 1. The third-order valence-electron chi connectivity index (χ3n) is 3.52. The monoisotopic (exact) mass is 410 g/mol. The van der Waals surface area contributed by atoms with E-state index < -0.39 is 11.7 Å². The Hall–Kier alpha value is -2.68. The van der Waals surface area contributed by atoms with Gasteiger partial charge in [0.05, 0.1) is 28.9 Å². The fourth-order valence-electron chi connectivity index (χ4n) is 2.27. The zero-order valence-corrected chi connectivity index (χ0v) is 16.2. The van der Waals surface area contributed by atoms with Gasteiger partial charge in [-0.2, -0.15) is 18.3 Å². The van der Waals surface area contributed by atoms with E-state index in [1.807, 2.05) is 38.1 Å². The standard InChI is InChI=1S/C17H15F3N4OS.C2H6/c18-17(19,20)12-7-5-11(6-8-12)9-21-24-15(25)10-26-16-22-13-3-1-2-4-14(13)23-16;1-2/h1-9,16,22-23H,10H2,(H,24,25);1-2H3/b21-9+;. The van der Waals surface area contributed by atoms with Crippen LogP contribution >= 0.6 is 11.8 Å². The summed E-state index contributed by atoms with van der Waals surface area (Å²) >= 11 is 1.37. The van der Waals surface area contributed by atoms with Gasteiger partial charge in [-0.1, -0.05) is 38.1 Å². The highest BCUT2D eigenvalue weighted by Crippen LogP contribution is 2.32. The van der Waals surface area contributed by atoms with Crippen LogP contribution in [0.2, 0.25) is 0 Å². The second-order valence-corrected chi connectivity index (χ2v) is 6.53. The van der Waals surface area contributed by atoms with Gasteiger partial charge in [0.25, 0.3) is 0 Å². The average molecular weight is 410 g/mol. The lowest BCUT2D eigenvalue weighted by atomic mass is 10.1. The second kappa shape index (κ2) is 10.0. The second-order valence-electron chi connectivity index (χ2n) is 5.44. The summed E-state index contributed by atoms with van der Waals surface area (Å²) in [5, 5.41) is 10.2. The summed E-state index contributed by atoms with van der Waals surface area (Å²) in [4.78, 5) is 11.8. The van der Waals surface area contributed by atoms with Crippen molar-refractivity contribution in [2.75, 3.05) is 16.4 Å². The maximum Gasteiger partial charge on any atom is 0.416 e. The van der Waals surface area contributed by atoms with Crippen LogP contribution in [0.15, 0.2) is 53.6 Å². The highest BCUT2D eigenvalue weighted by molar-refractivity contribution is 8.00. The van der Waals surface area contributed by atoms with Crippen LogP contribution in [-0.4, -0.2) is 23.4 Å². The zero-order chi connectivity index (χ0) is 20.6. The Bertz CT molecular complexity index is 785. The first kappa shape index (κ1) is 21.6. The first-order chi connectivity index (χ1) is 13.4. The van der Waals surface area contributed by atoms with Crippen LogP contribution in [0.25, 0.3) is 0 Å². The molecule has 2 aromatic rings. The van der Waals surface area contributed by atoms with E-state index in [9.17, 15) is 18.0 Å². The van der Waals surface area contributed by atoms with Crippen LogP contribution in [-0.2, 0) is 11.0 Å². The van der Waals surface area contributed by atoms with E-state index in [1.54, 1.807) is 0 Å². The van der Waals surface area contributed by atoms with Crippen molar-refractivity contribution in [1.29, 1.82) is 0 Å². The number of rotatable bonds is 5. The highest BCUT2D eigenvalue weighted by atomic mass is 32.2. The summed E-state index contributed by atoms with van der Waals surface area (Å²) in [6.07, 6.45) is -3.08. The van der Waals surface area contributed by atoms with Crippen LogP contribution in [0.4, 0.5) is 24.5 Å². The number of hydrazone groups is 1. The van der Waals surface area contributed by atoms with Gasteiger partial charge in [-0.25, -0.2) is 5.43 Å². The molecular formula is C19H21F3N4OS. The van der Waals surface area contributed by atoms with Gasteiger partial charge in [-0.3, -0.25) is 4.79 Å². The van der Waals surface area contributed by atoms with Crippen molar-refractivity contribution >= 4 is 35.3 Å². The van der Waals surface area contributed by atoms with Crippen molar-refractivity contribution in [1.82, 2.24) is 5.43 Å². The molecular weight excluding hydrogens is 389 g/mol. The molecule has 0 fully saturated rings. The molecule has 0 aliphatic carbocycles. The van der Waals surface area contributed by atoms with Crippen molar-refractivity contribution in [3.05, 3.63) is 59.7 Å². The summed E-state index contributed by atoms with van der Waals surface area (Å²) in [6.45, 7) is 4.00. The number of nitrogens with one attached hydrogen (secondary N) is 3. The molecule has 0 saturated carbocycles. The lowest BCUT2D eigenvalue weighted by Crippen LogP contribution is -2.25. The Morgan fingerprint density at radius 2 is 1.68 bits per heavy atom. The number of alkyl halides is 3. The number of hydrogen-bond acceptors (Lipinski definition) is 5. The van der Waals surface area contributed by atoms with Gasteiger partial charge < -0.3 is 10.6 Å². The average Bonchev–Trinajstić information content (AvgIpc) is 3.11. The van der Waals surface area contributed by atoms with Gasteiger partial charge in [0.15, 0.2) is 0 Å². The van der Waals surface area contributed by atoms with Crippen LogP contribution < -0.4 is 16.1 Å². The van der Waals surface area contributed by atoms with E-state index in [1.165, 1.54) is 30.1 Å². The van der Waals surface area contributed by atoms with Crippen LogP contribution in [0.5, 0.6) is 0 Å². The first-order valence-corrected chi connectivity index (χ1v) is 9.69. The molecule has 0 spiro atoms. The molecule has 2 aromatic carbocycles. The third kappa shape index (κ3) is 6.19. The third-order valence-corrected chi connectivity index (χ3v) is 4.52. The molecule has 0 radical (unpaired) electrons. The highest BCUT2D eigenvalue weighted by Gasteiger charge is 2.29. The number of halogens is 3. The number of hydrogen-bond donors (Lipinski definition) is 3. The fourth-order valence-corrected chi connectivity index (χ4v) is 3.07. The molecule has 0 bridgehead atoms. The number of benzene rings is 2.